The second-order valence-corrected chi connectivity index (χ2v) is 11.8. The van der Waals surface area contributed by atoms with Crippen LogP contribution in [0.25, 0.3) is 0 Å². The fourth-order valence-electron chi connectivity index (χ4n) is 4.27. The largest absolute Gasteiger partial charge is 0.444 e. The molecule has 1 aromatic rings. The van der Waals surface area contributed by atoms with Crippen molar-refractivity contribution in [2.45, 2.75) is 118 Å². The molecular formula is C29H49N3O4S. The molecule has 4 atom stereocenters. The molecule has 37 heavy (non-hydrogen) atoms. The van der Waals surface area contributed by atoms with Crippen molar-refractivity contribution in [2.75, 3.05) is 5.75 Å². The van der Waals surface area contributed by atoms with Gasteiger partial charge in [0.2, 0.25) is 11.8 Å². The maximum atomic E-state index is 14.1. The van der Waals surface area contributed by atoms with Crippen LogP contribution in [0.1, 0.15) is 98.2 Å². The minimum Gasteiger partial charge on any atom is -0.444 e. The highest BCUT2D eigenvalue weighted by atomic mass is 32.1. The summed E-state index contributed by atoms with van der Waals surface area (Å²) in [4.78, 5) is 42.2. The maximum Gasteiger partial charge on any atom is 0.408 e. The second kappa shape index (κ2) is 15.3. The Morgan fingerprint density at radius 1 is 1.00 bits per heavy atom. The minimum absolute atomic E-state index is 0.0347. The van der Waals surface area contributed by atoms with Crippen LogP contribution in [-0.2, 0) is 14.3 Å². The van der Waals surface area contributed by atoms with Crippen molar-refractivity contribution in [3.8, 4) is 0 Å². The average molecular weight is 536 g/mol. The molecule has 2 N–H and O–H groups in total. The van der Waals surface area contributed by atoms with Crippen molar-refractivity contribution in [3.63, 3.8) is 0 Å². The van der Waals surface area contributed by atoms with E-state index in [1.54, 1.807) is 25.7 Å². The second-order valence-electron chi connectivity index (χ2n) is 11.4. The van der Waals surface area contributed by atoms with Crippen LogP contribution < -0.4 is 10.6 Å². The summed E-state index contributed by atoms with van der Waals surface area (Å²) in [5, 5.41) is 5.81. The van der Waals surface area contributed by atoms with E-state index in [4.69, 9.17) is 4.74 Å². The van der Waals surface area contributed by atoms with Crippen LogP contribution >= 0.6 is 12.6 Å². The highest BCUT2D eigenvalue weighted by Crippen LogP contribution is 2.30. The molecule has 8 heteroatoms. The summed E-state index contributed by atoms with van der Waals surface area (Å²) in [6, 6.07) is 5.56. The van der Waals surface area contributed by atoms with E-state index in [2.05, 4.69) is 44.0 Å². The number of hydrogen-bond donors (Lipinski definition) is 3. The molecule has 7 nitrogen and oxygen atoms in total. The van der Waals surface area contributed by atoms with Gasteiger partial charge in [0.1, 0.15) is 17.7 Å². The monoisotopic (exact) mass is 535 g/mol. The van der Waals surface area contributed by atoms with Gasteiger partial charge in [0.05, 0.1) is 0 Å². The van der Waals surface area contributed by atoms with Crippen LogP contribution in [0, 0.1) is 12.8 Å². The van der Waals surface area contributed by atoms with E-state index in [0.29, 0.717) is 5.92 Å². The van der Waals surface area contributed by atoms with Gasteiger partial charge in [-0.1, -0.05) is 51.5 Å². The fraction of sp³-hybridized carbons (Fsp3) is 0.690. The zero-order chi connectivity index (χ0) is 28.3. The summed E-state index contributed by atoms with van der Waals surface area (Å²) < 4.78 is 5.40. The molecule has 1 rings (SSSR count). The van der Waals surface area contributed by atoms with E-state index in [9.17, 15) is 14.4 Å². The summed E-state index contributed by atoms with van der Waals surface area (Å²) in [6.07, 6.45) is 2.69. The van der Waals surface area contributed by atoms with Gasteiger partial charge in [-0.25, -0.2) is 4.79 Å². The molecule has 1 aromatic carbocycles. The Bertz CT molecular complexity index is 884. The number of nitrogens with one attached hydrogen (secondary N) is 2. The molecule has 3 amide bonds. The summed E-state index contributed by atoms with van der Waals surface area (Å²) in [7, 11) is 0. The summed E-state index contributed by atoms with van der Waals surface area (Å²) in [5.74, 6) is -0.0751. The Hall–Kier alpha value is -2.22. The van der Waals surface area contributed by atoms with Crippen molar-refractivity contribution in [3.05, 3.63) is 35.4 Å². The molecule has 0 fully saturated rings. The van der Waals surface area contributed by atoms with Crippen LogP contribution in [-0.4, -0.2) is 52.3 Å². The Balaban J connectivity index is 3.54. The number of ether oxygens (including phenoxy) is 1. The lowest BCUT2D eigenvalue weighted by molar-refractivity contribution is -0.145. The van der Waals surface area contributed by atoms with Gasteiger partial charge in [0.25, 0.3) is 0 Å². The highest BCUT2D eigenvalue weighted by Gasteiger charge is 2.39. The third-order valence-electron chi connectivity index (χ3n) is 6.18. The molecule has 0 aliphatic carbocycles. The third-order valence-corrected chi connectivity index (χ3v) is 6.55. The van der Waals surface area contributed by atoms with Crippen molar-refractivity contribution in [1.29, 1.82) is 0 Å². The Labute approximate surface area is 229 Å². The van der Waals surface area contributed by atoms with Gasteiger partial charge in [-0.15, -0.1) is 0 Å². The van der Waals surface area contributed by atoms with Crippen molar-refractivity contribution < 1.29 is 19.1 Å². The molecule has 0 spiro atoms. The van der Waals surface area contributed by atoms with Crippen LogP contribution in [0.5, 0.6) is 0 Å². The highest BCUT2D eigenvalue weighted by molar-refractivity contribution is 7.80. The summed E-state index contributed by atoms with van der Waals surface area (Å²) in [6.45, 7) is 17.5. The number of thiol groups is 1. The van der Waals surface area contributed by atoms with Gasteiger partial charge in [0, 0.05) is 17.8 Å². The Morgan fingerprint density at radius 3 is 2.14 bits per heavy atom. The number of rotatable bonds is 13. The molecule has 0 saturated carbocycles. The van der Waals surface area contributed by atoms with Crippen molar-refractivity contribution in [2.24, 2.45) is 5.92 Å². The van der Waals surface area contributed by atoms with Crippen LogP contribution in [0.15, 0.2) is 24.3 Å². The lowest BCUT2D eigenvalue weighted by Gasteiger charge is -2.39. The number of carbonyl (C=O) groups is 3. The molecule has 210 valence electrons. The lowest BCUT2D eigenvalue weighted by Crippen LogP contribution is -2.56. The maximum absolute atomic E-state index is 14.1. The molecule has 0 heterocycles. The number of alkyl carbamates (subject to hydrolysis) is 1. The van der Waals surface area contributed by atoms with E-state index in [0.717, 1.165) is 36.8 Å². The first-order chi connectivity index (χ1) is 17.2. The smallest absolute Gasteiger partial charge is 0.408 e. The van der Waals surface area contributed by atoms with Crippen LogP contribution in [0.2, 0.25) is 0 Å². The number of benzene rings is 1. The number of aryl methyl sites for hydroxylation is 1. The fourth-order valence-corrected chi connectivity index (χ4v) is 4.51. The minimum atomic E-state index is -0.952. The molecule has 0 radical (unpaired) electrons. The lowest BCUT2D eigenvalue weighted by atomic mass is 9.94. The number of hydrogen-bond acceptors (Lipinski definition) is 5. The standard InChI is InChI=1S/C29H49N3O4S/c1-10-13-21(5)30-26(33)25(23-15-12-11-14-20(23)4)32(22(6)17-16-19(2)3)27(34)24(18-37)31-28(35)36-29(7,8)9/h11-12,14-15,19,21-22,24-25,37H,10,13,16-18H2,1-9H3,(H,30,33)(H,31,35). The normalized spacial score (nSPS) is 14.9. The SMILES string of the molecule is CCCC(C)NC(=O)C(c1ccccc1C)N(C(=O)C(CS)NC(=O)OC(C)(C)C)C(C)CCC(C)C. The van der Waals surface area contributed by atoms with Crippen LogP contribution in [0.4, 0.5) is 4.79 Å². The molecule has 4 unspecified atom stereocenters. The number of nitrogens with zero attached hydrogens (tertiary/aromatic N) is 1. The van der Waals surface area contributed by atoms with Crippen LogP contribution in [0.3, 0.4) is 0 Å². The first-order valence-corrected chi connectivity index (χ1v) is 14.1. The summed E-state index contributed by atoms with van der Waals surface area (Å²) in [5.41, 5.74) is 0.975. The predicted octanol–water partition coefficient (Wildman–Crippen LogP) is 5.82. The van der Waals surface area contributed by atoms with Gasteiger partial charge in [0.15, 0.2) is 0 Å². The average Bonchev–Trinajstić information content (AvgIpc) is 2.78. The molecule has 0 bridgehead atoms. The molecule has 0 aromatic heterocycles. The summed E-state index contributed by atoms with van der Waals surface area (Å²) >= 11 is 4.38. The number of carbonyl (C=O) groups excluding carboxylic acids is 3. The quantitative estimate of drug-likeness (QED) is 0.278. The predicted molar refractivity (Wildman–Crippen MR) is 154 cm³/mol. The third kappa shape index (κ3) is 11.0. The Kier molecular flexibility index (Phi) is 13.5. The first kappa shape index (κ1) is 32.8. The topological polar surface area (TPSA) is 87.7 Å². The zero-order valence-corrected chi connectivity index (χ0v) is 25.2. The van der Waals surface area contributed by atoms with E-state index >= 15 is 0 Å². The molecular weight excluding hydrogens is 486 g/mol. The van der Waals surface area contributed by atoms with E-state index in [1.807, 2.05) is 45.0 Å². The van der Waals surface area contributed by atoms with Crippen molar-refractivity contribution in [1.82, 2.24) is 15.5 Å². The zero-order valence-electron chi connectivity index (χ0n) is 24.3. The van der Waals surface area contributed by atoms with Gasteiger partial charge < -0.3 is 20.3 Å². The van der Waals surface area contributed by atoms with Gasteiger partial charge in [-0.05, 0) is 77.8 Å². The van der Waals surface area contributed by atoms with Gasteiger partial charge in [-0.2, -0.15) is 12.6 Å². The van der Waals surface area contributed by atoms with E-state index in [1.165, 1.54) is 0 Å². The molecule has 0 aliphatic heterocycles. The molecule has 0 aliphatic rings. The number of amides is 3. The van der Waals surface area contributed by atoms with E-state index < -0.39 is 23.8 Å². The van der Waals surface area contributed by atoms with E-state index in [-0.39, 0.29) is 29.7 Å². The molecule has 0 saturated heterocycles. The Morgan fingerprint density at radius 2 is 1.62 bits per heavy atom. The van der Waals surface area contributed by atoms with Crippen molar-refractivity contribution >= 4 is 30.5 Å². The van der Waals surface area contributed by atoms with Gasteiger partial charge in [-0.3, -0.25) is 9.59 Å². The first-order valence-electron chi connectivity index (χ1n) is 13.5. The van der Waals surface area contributed by atoms with Gasteiger partial charge >= 0.3 is 6.09 Å².